The fraction of sp³-hybridized carbons (Fsp3) is 0.533. The molecule has 0 bridgehead atoms. The van der Waals surface area contributed by atoms with Crippen molar-refractivity contribution < 1.29 is 4.79 Å². The minimum Gasteiger partial charge on any atom is -0.338 e. The molecule has 1 aliphatic rings. The van der Waals surface area contributed by atoms with E-state index >= 15 is 0 Å². The molecule has 3 heterocycles. The molecule has 112 valence electrons. The molecule has 6 heteroatoms. The maximum Gasteiger partial charge on any atom is 0.263 e. The van der Waals surface area contributed by atoms with E-state index in [1.165, 1.54) is 11.3 Å². The molecular weight excluding hydrogens is 284 g/mol. The van der Waals surface area contributed by atoms with Gasteiger partial charge >= 0.3 is 0 Å². The van der Waals surface area contributed by atoms with Gasteiger partial charge in [-0.2, -0.15) is 0 Å². The van der Waals surface area contributed by atoms with Crippen LogP contribution in [0.15, 0.2) is 23.8 Å². The molecular formula is C15H20N4OS. The summed E-state index contributed by atoms with van der Waals surface area (Å²) in [7, 11) is 0. The Kier molecular flexibility index (Phi) is 4.34. The Morgan fingerprint density at radius 2 is 2.24 bits per heavy atom. The summed E-state index contributed by atoms with van der Waals surface area (Å²) in [6.07, 6.45) is 4.86. The van der Waals surface area contributed by atoms with E-state index in [4.69, 9.17) is 0 Å². The first-order valence-corrected chi connectivity index (χ1v) is 8.35. The Labute approximate surface area is 128 Å². The summed E-state index contributed by atoms with van der Waals surface area (Å²) >= 11 is 1.52. The summed E-state index contributed by atoms with van der Waals surface area (Å²) in [5.41, 5.74) is 0. The summed E-state index contributed by atoms with van der Waals surface area (Å²) in [4.78, 5) is 15.1. The fourth-order valence-corrected chi connectivity index (χ4v) is 3.55. The third-order valence-corrected chi connectivity index (χ3v) is 5.00. The molecule has 0 atom stereocenters. The fourth-order valence-electron chi connectivity index (χ4n) is 2.86. The van der Waals surface area contributed by atoms with Crippen molar-refractivity contribution in [3.05, 3.63) is 34.5 Å². The average Bonchev–Trinajstić information content (AvgIpc) is 3.18. The summed E-state index contributed by atoms with van der Waals surface area (Å²) in [5.74, 6) is 1.85. The number of piperidine rings is 1. The molecule has 21 heavy (non-hydrogen) atoms. The van der Waals surface area contributed by atoms with Gasteiger partial charge < -0.3 is 9.47 Å². The number of likely N-dealkylation sites (tertiary alicyclic amines) is 1. The van der Waals surface area contributed by atoms with Crippen LogP contribution in [0.4, 0.5) is 0 Å². The summed E-state index contributed by atoms with van der Waals surface area (Å²) < 4.78 is 2.10. The first-order chi connectivity index (χ1) is 10.3. The number of carbonyl (C=O) groups is 1. The van der Waals surface area contributed by atoms with Gasteiger partial charge in [-0.15, -0.1) is 21.5 Å². The molecule has 0 unspecified atom stereocenters. The Balaban J connectivity index is 1.54. The monoisotopic (exact) mass is 304 g/mol. The second kappa shape index (κ2) is 6.39. The molecule has 0 N–H and O–H groups in total. The van der Waals surface area contributed by atoms with Crippen LogP contribution >= 0.6 is 11.3 Å². The van der Waals surface area contributed by atoms with Gasteiger partial charge in [-0.25, -0.2) is 0 Å². The number of amides is 1. The van der Waals surface area contributed by atoms with Crippen LogP contribution in [0.1, 0.15) is 35.3 Å². The van der Waals surface area contributed by atoms with Crippen LogP contribution in [-0.4, -0.2) is 38.7 Å². The second-order valence-corrected chi connectivity index (χ2v) is 6.40. The van der Waals surface area contributed by atoms with E-state index in [9.17, 15) is 4.79 Å². The van der Waals surface area contributed by atoms with Crippen LogP contribution in [0, 0.1) is 5.92 Å². The largest absolute Gasteiger partial charge is 0.338 e. The number of nitrogens with zero attached hydrogens (tertiary/aromatic N) is 4. The van der Waals surface area contributed by atoms with Crippen molar-refractivity contribution in [1.29, 1.82) is 0 Å². The molecule has 3 rings (SSSR count). The van der Waals surface area contributed by atoms with Crippen molar-refractivity contribution in [2.45, 2.75) is 32.7 Å². The van der Waals surface area contributed by atoms with Crippen LogP contribution in [0.3, 0.4) is 0 Å². The lowest BCUT2D eigenvalue weighted by molar-refractivity contribution is 0.0694. The summed E-state index contributed by atoms with van der Waals surface area (Å²) in [5, 5.41) is 10.2. The van der Waals surface area contributed by atoms with Gasteiger partial charge in [-0.3, -0.25) is 4.79 Å². The average molecular weight is 304 g/mol. The first-order valence-electron chi connectivity index (χ1n) is 7.47. The molecule has 1 aliphatic heterocycles. The number of aryl methyl sites for hydroxylation is 1. The predicted molar refractivity (Wildman–Crippen MR) is 82.3 cm³/mol. The smallest absolute Gasteiger partial charge is 0.263 e. The Morgan fingerprint density at radius 1 is 1.43 bits per heavy atom. The number of aromatic nitrogens is 3. The van der Waals surface area contributed by atoms with E-state index in [2.05, 4.69) is 21.7 Å². The van der Waals surface area contributed by atoms with Gasteiger partial charge in [-0.05, 0) is 37.1 Å². The van der Waals surface area contributed by atoms with Crippen LogP contribution < -0.4 is 0 Å². The number of rotatable bonds is 4. The summed E-state index contributed by atoms with van der Waals surface area (Å²) in [6.45, 7) is 4.72. The van der Waals surface area contributed by atoms with E-state index in [0.29, 0.717) is 5.92 Å². The molecule has 2 aromatic rings. The number of thiophene rings is 1. The van der Waals surface area contributed by atoms with Crippen molar-refractivity contribution in [2.75, 3.05) is 13.1 Å². The van der Waals surface area contributed by atoms with Crippen LogP contribution in [0.2, 0.25) is 0 Å². The van der Waals surface area contributed by atoms with Crippen LogP contribution in [0.5, 0.6) is 0 Å². The van der Waals surface area contributed by atoms with E-state index in [1.807, 2.05) is 22.4 Å². The van der Waals surface area contributed by atoms with Crippen molar-refractivity contribution in [1.82, 2.24) is 19.7 Å². The third-order valence-electron chi connectivity index (χ3n) is 4.14. The Bertz CT molecular complexity index is 585. The Morgan fingerprint density at radius 3 is 2.90 bits per heavy atom. The number of hydrogen-bond donors (Lipinski definition) is 0. The van der Waals surface area contributed by atoms with Crippen molar-refractivity contribution in [3.63, 3.8) is 0 Å². The minimum absolute atomic E-state index is 0.181. The van der Waals surface area contributed by atoms with Crippen LogP contribution in [-0.2, 0) is 13.0 Å². The molecule has 1 fully saturated rings. The SMILES string of the molecule is CCn1cnnc1CC1CCN(C(=O)c2cccs2)CC1. The van der Waals surface area contributed by atoms with Crippen molar-refractivity contribution in [2.24, 2.45) is 5.92 Å². The molecule has 1 saturated heterocycles. The van der Waals surface area contributed by atoms with E-state index in [-0.39, 0.29) is 5.91 Å². The minimum atomic E-state index is 0.181. The van der Waals surface area contributed by atoms with Crippen molar-refractivity contribution in [3.8, 4) is 0 Å². The molecule has 0 saturated carbocycles. The molecule has 0 spiro atoms. The zero-order valence-electron chi connectivity index (χ0n) is 12.2. The topological polar surface area (TPSA) is 51.0 Å². The molecule has 1 amide bonds. The van der Waals surface area contributed by atoms with Gasteiger partial charge in [0.25, 0.3) is 5.91 Å². The predicted octanol–water partition coefficient (Wildman–Crippen LogP) is 2.45. The van der Waals surface area contributed by atoms with E-state index in [0.717, 1.165) is 49.6 Å². The Hall–Kier alpha value is -1.69. The van der Waals surface area contributed by atoms with Gasteiger partial charge in [-0.1, -0.05) is 6.07 Å². The molecule has 2 aromatic heterocycles. The lowest BCUT2D eigenvalue weighted by atomic mass is 9.93. The van der Waals surface area contributed by atoms with Gasteiger partial charge in [0, 0.05) is 26.1 Å². The zero-order valence-corrected chi connectivity index (χ0v) is 13.1. The molecule has 0 radical (unpaired) electrons. The van der Waals surface area contributed by atoms with Gasteiger partial charge in [0.2, 0.25) is 0 Å². The third kappa shape index (κ3) is 3.15. The second-order valence-electron chi connectivity index (χ2n) is 5.45. The number of carbonyl (C=O) groups excluding carboxylic acids is 1. The van der Waals surface area contributed by atoms with Gasteiger partial charge in [0.15, 0.2) is 0 Å². The normalized spacial score (nSPS) is 16.3. The molecule has 0 aliphatic carbocycles. The summed E-state index contributed by atoms with van der Waals surface area (Å²) in [6, 6.07) is 3.84. The van der Waals surface area contributed by atoms with Gasteiger partial charge in [0.05, 0.1) is 4.88 Å². The quantitative estimate of drug-likeness (QED) is 0.872. The van der Waals surface area contributed by atoms with E-state index in [1.54, 1.807) is 6.33 Å². The highest BCUT2D eigenvalue weighted by atomic mass is 32.1. The standard InChI is InChI=1S/C15H20N4OS/c1-2-18-11-16-17-14(18)10-12-5-7-19(8-6-12)15(20)13-4-3-9-21-13/h3-4,9,11-12H,2,5-8,10H2,1H3. The molecule has 5 nitrogen and oxygen atoms in total. The highest BCUT2D eigenvalue weighted by Gasteiger charge is 2.25. The van der Waals surface area contributed by atoms with Crippen LogP contribution in [0.25, 0.3) is 0 Å². The lowest BCUT2D eigenvalue weighted by Crippen LogP contribution is -2.38. The molecule has 0 aromatic carbocycles. The first kappa shape index (κ1) is 14.3. The van der Waals surface area contributed by atoms with Gasteiger partial charge in [0.1, 0.15) is 12.2 Å². The highest BCUT2D eigenvalue weighted by molar-refractivity contribution is 7.12. The number of hydrogen-bond acceptors (Lipinski definition) is 4. The van der Waals surface area contributed by atoms with E-state index < -0.39 is 0 Å². The zero-order chi connectivity index (χ0) is 14.7. The van der Waals surface area contributed by atoms with Crippen molar-refractivity contribution >= 4 is 17.2 Å². The maximum absolute atomic E-state index is 12.3. The maximum atomic E-state index is 12.3. The highest BCUT2D eigenvalue weighted by Crippen LogP contribution is 2.23. The lowest BCUT2D eigenvalue weighted by Gasteiger charge is -2.31.